The number of carbonyl (C=O) groups is 2. The van der Waals surface area contributed by atoms with Crippen LogP contribution in [0, 0.1) is 5.92 Å². The van der Waals surface area contributed by atoms with Crippen LogP contribution < -0.4 is 0 Å². The highest BCUT2D eigenvalue weighted by Gasteiger charge is 2.25. The number of benzene rings is 1. The first-order chi connectivity index (χ1) is 15.3. The van der Waals surface area contributed by atoms with Crippen LogP contribution in [0.1, 0.15) is 74.6 Å². The maximum Gasteiger partial charge on any atom is 0.339 e. The molecule has 0 bridgehead atoms. The molecule has 1 atom stereocenters. The molecule has 0 radical (unpaired) electrons. The van der Waals surface area contributed by atoms with Crippen LogP contribution >= 0.6 is 0 Å². The number of carbonyl (C=O) groups excluding carboxylic acids is 2. The first kappa shape index (κ1) is 25.4. The van der Waals surface area contributed by atoms with E-state index in [0.717, 1.165) is 29.7 Å². The molecular weight excluding hydrogens is 402 g/mol. The highest BCUT2D eigenvalue weighted by Crippen LogP contribution is 2.26. The molecule has 5 heteroatoms. The van der Waals surface area contributed by atoms with E-state index in [1.165, 1.54) is 5.57 Å². The van der Waals surface area contributed by atoms with Crippen molar-refractivity contribution in [3.05, 3.63) is 70.6 Å². The summed E-state index contributed by atoms with van der Waals surface area (Å²) in [6, 6.07) is 10.0. The Bertz CT molecular complexity index is 907. The molecule has 0 amide bonds. The average Bonchev–Trinajstić information content (AvgIpc) is 3.05. The lowest BCUT2D eigenvalue weighted by molar-refractivity contribution is -0.142. The zero-order valence-corrected chi connectivity index (χ0v) is 20.1. The lowest BCUT2D eigenvalue weighted by Gasteiger charge is -2.15. The van der Waals surface area contributed by atoms with E-state index in [1.54, 1.807) is 13.8 Å². The number of ether oxygens (including phenoxy) is 2. The topological polar surface area (TPSA) is 57.5 Å². The first-order valence-electron chi connectivity index (χ1n) is 11.6. The molecule has 1 aromatic carbocycles. The Morgan fingerprint density at radius 1 is 1.06 bits per heavy atom. The Morgan fingerprint density at radius 2 is 1.75 bits per heavy atom. The van der Waals surface area contributed by atoms with Gasteiger partial charge in [0.05, 0.1) is 25.2 Å². The molecule has 0 saturated heterocycles. The highest BCUT2D eigenvalue weighted by atomic mass is 16.5. The van der Waals surface area contributed by atoms with Crippen molar-refractivity contribution in [1.82, 2.24) is 4.57 Å². The van der Waals surface area contributed by atoms with Gasteiger partial charge < -0.3 is 14.0 Å². The molecular formula is C27H37NO4. The predicted octanol–water partition coefficient (Wildman–Crippen LogP) is 5.74. The zero-order chi connectivity index (χ0) is 23.5. The lowest BCUT2D eigenvalue weighted by Crippen LogP contribution is -2.15. The van der Waals surface area contributed by atoms with Gasteiger partial charge in [-0.15, -0.1) is 0 Å². The van der Waals surface area contributed by atoms with Crippen molar-refractivity contribution in [3.8, 4) is 0 Å². The molecule has 0 aliphatic heterocycles. The molecule has 5 nitrogen and oxygen atoms in total. The SMILES string of the molecule is CCOC(=O)Cc1c(C[C@@H](C)CCC=C(C)C)c(C(=O)OCC)cn1Cc1ccccc1. The lowest BCUT2D eigenvalue weighted by atomic mass is 9.93. The second-order valence-electron chi connectivity index (χ2n) is 8.45. The fourth-order valence-electron chi connectivity index (χ4n) is 3.84. The first-order valence-corrected chi connectivity index (χ1v) is 11.6. The second-order valence-corrected chi connectivity index (χ2v) is 8.45. The molecule has 32 heavy (non-hydrogen) atoms. The van der Waals surface area contributed by atoms with Gasteiger partial charge in [0.25, 0.3) is 0 Å². The Hall–Kier alpha value is -2.82. The van der Waals surface area contributed by atoms with Crippen LogP contribution in [0.2, 0.25) is 0 Å². The Morgan fingerprint density at radius 3 is 2.38 bits per heavy atom. The summed E-state index contributed by atoms with van der Waals surface area (Å²) in [5, 5.41) is 0. The number of hydrogen-bond acceptors (Lipinski definition) is 4. The number of aromatic nitrogens is 1. The van der Waals surface area contributed by atoms with Crippen molar-refractivity contribution in [1.29, 1.82) is 0 Å². The average molecular weight is 440 g/mol. The van der Waals surface area contributed by atoms with Crippen LogP contribution in [0.25, 0.3) is 0 Å². The number of esters is 2. The van der Waals surface area contributed by atoms with E-state index >= 15 is 0 Å². The molecule has 2 aromatic rings. The van der Waals surface area contributed by atoms with Gasteiger partial charge >= 0.3 is 11.9 Å². The molecule has 0 fully saturated rings. The van der Waals surface area contributed by atoms with Crippen molar-refractivity contribution in [2.24, 2.45) is 5.92 Å². The second kappa shape index (κ2) is 12.9. The molecule has 174 valence electrons. The summed E-state index contributed by atoms with van der Waals surface area (Å²) >= 11 is 0. The smallest absolute Gasteiger partial charge is 0.339 e. The fraction of sp³-hybridized carbons (Fsp3) is 0.481. The van der Waals surface area contributed by atoms with Crippen LogP contribution in [-0.2, 0) is 33.7 Å². The molecule has 0 aliphatic rings. The third kappa shape index (κ3) is 7.70. The predicted molar refractivity (Wildman–Crippen MR) is 128 cm³/mol. The van der Waals surface area contributed by atoms with E-state index in [4.69, 9.17) is 9.47 Å². The summed E-state index contributed by atoms with van der Waals surface area (Å²) in [5.74, 6) is -0.267. The van der Waals surface area contributed by atoms with Gasteiger partial charge in [-0.1, -0.05) is 48.9 Å². The largest absolute Gasteiger partial charge is 0.466 e. The van der Waals surface area contributed by atoms with Crippen LogP contribution in [0.15, 0.2) is 48.2 Å². The summed E-state index contributed by atoms with van der Waals surface area (Å²) in [5.41, 5.74) is 4.70. The zero-order valence-electron chi connectivity index (χ0n) is 20.1. The Labute approximate surface area is 192 Å². The van der Waals surface area contributed by atoms with E-state index in [0.29, 0.717) is 37.7 Å². The molecule has 1 heterocycles. The minimum absolute atomic E-state index is 0.135. The maximum atomic E-state index is 12.8. The van der Waals surface area contributed by atoms with E-state index < -0.39 is 0 Å². The highest BCUT2D eigenvalue weighted by molar-refractivity contribution is 5.92. The van der Waals surface area contributed by atoms with E-state index in [-0.39, 0.29) is 18.4 Å². The van der Waals surface area contributed by atoms with Gasteiger partial charge in [0.1, 0.15) is 0 Å². The van der Waals surface area contributed by atoms with Crippen molar-refractivity contribution < 1.29 is 19.1 Å². The third-order valence-electron chi connectivity index (χ3n) is 5.38. The summed E-state index contributed by atoms with van der Waals surface area (Å²) in [6.45, 7) is 11.2. The Kier molecular flexibility index (Phi) is 10.3. The van der Waals surface area contributed by atoms with Gasteiger partial charge in [-0.05, 0) is 64.0 Å². The maximum absolute atomic E-state index is 12.8. The van der Waals surface area contributed by atoms with E-state index in [9.17, 15) is 9.59 Å². The standard InChI is InChI=1S/C27H37NO4/c1-6-31-26(29)17-25-23(16-21(5)13-11-12-20(3)4)24(27(30)32-7-2)19-28(25)18-22-14-9-8-10-15-22/h8-10,12,14-15,19,21H,6-7,11,13,16-18H2,1-5H3/t21-/m0/s1. The van der Waals surface area contributed by atoms with E-state index in [2.05, 4.69) is 26.8 Å². The molecule has 0 N–H and O–H groups in total. The number of hydrogen-bond donors (Lipinski definition) is 0. The van der Waals surface area contributed by atoms with Crippen LogP contribution in [-0.4, -0.2) is 29.7 Å². The van der Waals surface area contributed by atoms with Gasteiger partial charge in [-0.2, -0.15) is 0 Å². The summed E-state index contributed by atoms with van der Waals surface area (Å²) in [4.78, 5) is 25.3. The number of allylic oxidation sites excluding steroid dienone is 2. The third-order valence-corrected chi connectivity index (χ3v) is 5.38. The van der Waals surface area contributed by atoms with Crippen LogP contribution in [0.5, 0.6) is 0 Å². The van der Waals surface area contributed by atoms with Crippen molar-refractivity contribution >= 4 is 11.9 Å². The van der Waals surface area contributed by atoms with Gasteiger partial charge in [-0.3, -0.25) is 4.79 Å². The molecule has 0 spiro atoms. The van der Waals surface area contributed by atoms with Crippen molar-refractivity contribution in [2.75, 3.05) is 13.2 Å². The molecule has 2 rings (SSSR count). The van der Waals surface area contributed by atoms with Crippen LogP contribution in [0.4, 0.5) is 0 Å². The molecule has 0 aliphatic carbocycles. The van der Waals surface area contributed by atoms with Crippen molar-refractivity contribution in [2.45, 2.75) is 66.8 Å². The van der Waals surface area contributed by atoms with E-state index in [1.807, 2.05) is 41.1 Å². The fourth-order valence-corrected chi connectivity index (χ4v) is 3.84. The molecule has 0 unspecified atom stereocenters. The summed E-state index contributed by atoms with van der Waals surface area (Å²) in [6.07, 6.45) is 6.93. The molecule has 1 aromatic heterocycles. The Balaban J connectivity index is 2.45. The minimum Gasteiger partial charge on any atom is -0.466 e. The minimum atomic E-state index is -0.337. The van der Waals surface area contributed by atoms with Gasteiger partial charge in [-0.25, -0.2) is 4.79 Å². The summed E-state index contributed by atoms with van der Waals surface area (Å²) < 4.78 is 12.6. The number of nitrogens with zero attached hydrogens (tertiary/aromatic N) is 1. The van der Waals surface area contributed by atoms with Gasteiger partial charge in [0, 0.05) is 18.4 Å². The quantitative estimate of drug-likeness (QED) is 0.312. The molecule has 0 saturated carbocycles. The van der Waals surface area contributed by atoms with Gasteiger partial charge in [0.15, 0.2) is 0 Å². The van der Waals surface area contributed by atoms with Gasteiger partial charge in [0.2, 0.25) is 0 Å². The van der Waals surface area contributed by atoms with Crippen LogP contribution in [0.3, 0.4) is 0 Å². The monoisotopic (exact) mass is 439 g/mol. The van der Waals surface area contributed by atoms with Crippen molar-refractivity contribution in [3.63, 3.8) is 0 Å². The summed E-state index contributed by atoms with van der Waals surface area (Å²) in [7, 11) is 0. The normalized spacial score (nSPS) is 11.7. The number of rotatable bonds is 12.